The van der Waals surface area contributed by atoms with Crippen molar-refractivity contribution in [1.29, 1.82) is 0 Å². The number of aromatic nitrogens is 2. The van der Waals surface area contributed by atoms with E-state index in [1.807, 2.05) is 5.01 Å². The number of hydrazine groups is 1. The Bertz CT molecular complexity index is 347. The highest BCUT2D eigenvalue weighted by Crippen LogP contribution is 1.97. The van der Waals surface area contributed by atoms with E-state index in [9.17, 15) is 4.79 Å². The molecule has 1 aromatic rings. The summed E-state index contributed by atoms with van der Waals surface area (Å²) in [5.74, 6) is -0.197. The number of nitrogens with one attached hydrogen (secondary N) is 1. The molecule has 0 bridgehead atoms. The largest absolute Gasteiger partial charge is 0.304 e. The molecule has 16 heavy (non-hydrogen) atoms. The zero-order chi connectivity index (χ0) is 11.4. The summed E-state index contributed by atoms with van der Waals surface area (Å²) >= 11 is 0. The third kappa shape index (κ3) is 2.74. The van der Waals surface area contributed by atoms with Crippen molar-refractivity contribution in [2.24, 2.45) is 0 Å². The van der Waals surface area contributed by atoms with E-state index < -0.39 is 0 Å². The van der Waals surface area contributed by atoms with Crippen molar-refractivity contribution in [3.63, 3.8) is 0 Å². The van der Waals surface area contributed by atoms with Crippen LogP contribution >= 0.6 is 0 Å². The zero-order valence-corrected chi connectivity index (χ0v) is 9.26. The minimum atomic E-state index is -0.197. The maximum absolute atomic E-state index is 11.7. The van der Waals surface area contributed by atoms with Gasteiger partial charge in [0.1, 0.15) is 5.69 Å². The average Bonchev–Trinajstić information content (AvgIpc) is 2.33. The van der Waals surface area contributed by atoms with E-state index in [1.54, 1.807) is 6.20 Å². The molecule has 6 heteroatoms. The fraction of sp³-hybridized carbons (Fsp3) is 0.500. The summed E-state index contributed by atoms with van der Waals surface area (Å²) in [5.41, 5.74) is 3.17. The molecule has 0 aromatic carbocycles. The summed E-state index contributed by atoms with van der Waals surface area (Å²) < 4.78 is 0. The summed E-state index contributed by atoms with van der Waals surface area (Å²) in [5, 5.41) is 1.91. The van der Waals surface area contributed by atoms with Gasteiger partial charge in [-0.15, -0.1) is 0 Å². The smallest absolute Gasteiger partial charge is 0.285 e. The summed E-state index contributed by atoms with van der Waals surface area (Å²) in [4.78, 5) is 21.8. The second kappa shape index (κ2) is 5.00. The lowest BCUT2D eigenvalue weighted by molar-refractivity contribution is 0.0657. The topological polar surface area (TPSA) is 61.4 Å². The fourth-order valence-corrected chi connectivity index (χ4v) is 1.54. The van der Waals surface area contributed by atoms with Crippen LogP contribution in [0.3, 0.4) is 0 Å². The predicted molar refractivity (Wildman–Crippen MR) is 58.6 cm³/mol. The molecule has 1 saturated heterocycles. The van der Waals surface area contributed by atoms with Crippen molar-refractivity contribution in [3.05, 3.63) is 24.3 Å². The van der Waals surface area contributed by atoms with Crippen LogP contribution in [0.25, 0.3) is 0 Å². The third-order valence-electron chi connectivity index (χ3n) is 2.56. The van der Waals surface area contributed by atoms with Crippen molar-refractivity contribution in [1.82, 2.24) is 25.3 Å². The molecule has 0 spiro atoms. The number of amides is 1. The molecule has 0 unspecified atom stereocenters. The van der Waals surface area contributed by atoms with E-state index in [0.29, 0.717) is 5.69 Å². The quantitative estimate of drug-likeness (QED) is 0.720. The van der Waals surface area contributed by atoms with Crippen LogP contribution in [0, 0.1) is 0 Å². The van der Waals surface area contributed by atoms with Gasteiger partial charge in [-0.2, -0.15) is 0 Å². The van der Waals surface area contributed by atoms with Crippen LogP contribution in [-0.2, 0) is 0 Å². The predicted octanol–water partition coefficient (Wildman–Crippen LogP) is -0.631. The van der Waals surface area contributed by atoms with Crippen molar-refractivity contribution in [3.8, 4) is 0 Å². The minimum Gasteiger partial charge on any atom is -0.304 e. The van der Waals surface area contributed by atoms with E-state index in [2.05, 4.69) is 27.3 Å². The summed E-state index contributed by atoms with van der Waals surface area (Å²) in [6, 6.07) is 0. The highest BCUT2D eigenvalue weighted by Gasteiger charge is 2.16. The van der Waals surface area contributed by atoms with Gasteiger partial charge in [0.2, 0.25) is 0 Å². The first-order valence-corrected chi connectivity index (χ1v) is 5.26. The van der Waals surface area contributed by atoms with Crippen LogP contribution < -0.4 is 5.43 Å². The number of carbonyl (C=O) groups excluding carboxylic acids is 1. The van der Waals surface area contributed by atoms with Crippen molar-refractivity contribution < 1.29 is 4.79 Å². The van der Waals surface area contributed by atoms with Crippen molar-refractivity contribution in [2.75, 3.05) is 33.2 Å². The molecule has 1 amide bonds. The number of likely N-dealkylation sites (N-methyl/N-ethyl adjacent to an activating group) is 1. The number of nitrogens with zero attached hydrogens (tertiary/aromatic N) is 4. The molecular formula is C10H15N5O. The van der Waals surface area contributed by atoms with Gasteiger partial charge in [-0.05, 0) is 7.05 Å². The zero-order valence-electron chi connectivity index (χ0n) is 9.26. The van der Waals surface area contributed by atoms with Crippen molar-refractivity contribution >= 4 is 5.91 Å². The van der Waals surface area contributed by atoms with Crippen LogP contribution in [0.1, 0.15) is 10.5 Å². The Morgan fingerprint density at radius 2 is 2.06 bits per heavy atom. The van der Waals surface area contributed by atoms with Gasteiger partial charge in [0, 0.05) is 38.6 Å². The SMILES string of the molecule is CN1CCN(NC(=O)c2cnccn2)CC1. The minimum absolute atomic E-state index is 0.197. The first-order valence-electron chi connectivity index (χ1n) is 5.26. The van der Waals surface area contributed by atoms with Gasteiger partial charge < -0.3 is 4.90 Å². The second-order valence-corrected chi connectivity index (χ2v) is 3.82. The van der Waals surface area contributed by atoms with E-state index in [0.717, 1.165) is 26.2 Å². The van der Waals surface area contributed by atoms with Crippen LogP contribution in [0.5, 0.6) is 0 Å². The van der Waals surface area contributed by atoms with Gasteiger partial charge in [-0.3, -0.25) is 15.2 Å². The van der Waals surface area contributed by atoms with Gasteiger partial charge in [0.15, 0.2) is 0 Å². The van der Waals surface area contributed by atoms with Gasteiger partial charge in [0.25, 0.3) is 5.91 Å². The monoisotopic (exact) mass is 221 g/mol. The van der Waals surface area contributed by atoms with Gasteiger partial charge in [-0.1, -0.05) is 0 Å². The number of piperazine rings is 1. The lowest BCUT2D eigenvalue weighted by Gasteiger charge is -2.32. The Labute approximate surface area is 94.3 Å². The van der Waals surface area contributed by atoms with Gasteiger partial charge in [-0.25, -0.2) is 9.99 Å². The van der Waals surface area contributed by atoms with Crippen molar-refractivity contribution in [2.45, 2.75) is 0 Å². The number of hydrogen-bond acceptors (Lipinski definition) is 5. The summed E-state index contributed by atoms with van der Waals surface area (Å²) in [6.07, 6.45) is 4.52. The van der Waals surface area contributed by atoms with Crippen LogP contribution in [-0.4, -0.2) is 59.0 Å². The maximum Gasteiger partial charge on any atom is 0.285 e. The number of hydrogen-bond donors (Lipinski definition) is 1. The standard InChI is InChI=1S/C10H15N5O/c1-14-4-6-15(7-5-14)13-10(16)9-8-11-2-3-12-9/h2-3,8H,4-7H2,1H3,(H,13,16). The molecule has 0 aliphatic carbocycles. The molecule has 86 valence electrons. The molecule has 0 atom stereocenters. The number of carbonyl (C=O) groups is 1. The van der Waals surface area contributed by atoms with Gasteiger partial charge >= 0.3 is 0 Å². The van der Waals surface area contributed by atoms with E-state index >= 15 is 0 Å². The Balaban J connectivity index is 1.88. The average molecular weight is 221 g/mol. The van der Waals surface area contributed by atoms with E-state index in [4.69, 9.17) is 0 Å². The molecule has 0 radical (unpaired) electrons. The molecular weight excluding hydrogens is 206 g/mol. The Hall–Kier alpha value is -1.53. The maximum atomic E-state index is 11.7. The van der Waals surface area contributed by atoms with Crippen LogP contribution in [0.15, 0.2) is 18.6 Å². The normalized spacial score (nSPS) is 18.3. The van der Waals surface area contributed by atoms with Crippen LogP contribution in [0.4, 0.5) is 0 Å². The Kier molecular flexibility index (Phi) is 3.43. The summed E-state index contributed by atoms with van der Waals surface area (Å²) in [7, 11) is 2.07. The Morgan fingerprint density at radius 1 is 1.31 bits per heavy atom. The molecule has 1 aliphatic rings. The third-order valence-corrected chi connectivity index (χ3v) is 2.56. The lowest BCUT2D eigenvalue weighted by atomic mass is 10.4. The molecule has 6 nitrogen and oxygen atoms in total. The number of rotatable bonds is 2. The molecule has 2 heterocycles. The second-order valence-electron chi connectivity index (χ2n) is 3.82. The Morgan fingerprint density at radius 3 is 2.69 bits per heavy atom. The lowest BCUT2D eigenvalue weighted by Crippen LogP contribution is -2.52. The molecule has 1 aromatic heterocycles. The van der Waals surface area contributed by atoms with E-state index in [1.165, 1.54) is 12.4 Å². The van der Waals surface area contributed by atoms with Crippen LogP contribution in [0.2, 0.25) is 0 Å². The van der Waals surface area contributed by atoms with Gasteiger partial charge in [0.05, 0.1) is 6.20 Å². The highest BCUT2D eigenvalue weighted by molar-refractivity contribution is 5.91. The fourth-order valence-electron chi connectivity index (χ4n) is 1.54. The molecule has 2 rings (SSSR count). The molecule has 1 N–H and O–H groups in total. The summed E-state index contributed by atoms with van der Waals surface area (Å²) in [6.45, 7) is 3.59. The molecule has 1 aliphatic heterocycles. The molecule has 0 saturated carbocycles. The first kappa shape index (κ1) is 11.0. The molecule has 1 fully saturated rings. The van der Waals surface area contributed by atoms with E-state index in [-0.39, 0.29) is 5.91 Å². The first-order chi connectivity index (χ1) is 7.75. The highest BCUT2D eigenvalue weighted by atomic mass is 16.2.